The SMILES string of the molecule is CCC(=O)N1CCCN(C(C)C)CCCN(C(=O)CCc2c(C)nn(C)c2C)Cc2cc(F)c(F)cc21. The largest absolute Gasteiger partial charge is 0.338 e. The van der Waals surface area contributed by atoms with Crippen LogP contribution in [-0.4, -0.2) is 63.6 Å². The van der Waals surface area contributed by atoms with E-state index in [1.54, 1.807) is 16.7 Å². The topological polar surface area (TPSA) is 61.7 Å². The zero-order chi connectivity index (χ0) is 27.3. The van der Waals surface area contributed by atoms with Gasteiger partial charge in [-0.05, 0) is 64.2 Å². The molecule has 1 aliphatic rings. The molecule has 0 spiro atoms. The Labute approximate surface area is 219 Å². The lowest BCUT2D eigenvalue weighted by atomic mass is 10.1. The summed E-state index contributed by atoms with van der Waals surface area (Å²) in [6.45, 7) is 12.6. The molecule has 0 atom stereocenters. The molecule has 7 nitrogen and oxygen atoms in total. The van der Waals surface area contributed by atoms with Crippen molar-refractivity contribution in [2.75, 3.05) is 31.1 Å². The molecule has 0 N–H and O–H groups in total. The van der Waals surface area contributed by atoms with E-state index in [1.807, 2.05) is 25.6 Å². The summed E-state index contributed by atoms with van der Waals surface area (Å²) in [6.07, 6.45) is 2.58. The van der Waals surface area contributed by atoms with Crippen molar-refractivity contribution in [2.45, 2.75) is 79.3 Å². The molecule has 0 saturated heterocycles. The molecule has 0 unspecified atom stereocenters. The number of fused-ring (bicyclic) bond motifs is 1. The van der Waals surface area contributed by atoms with E-state index in [0.29, 0.717) is 36.8 Å². The van der Waals surface area contributed by atoms with Crippen LogP contribution >= 0.6 is 0 Å². The standard InChI is InChI=1S/C28H41F2N5O2/c1-7-27(36)35-15-9-13-33(19(2)3)12-8-14-34(18-22-16-24(29)25(30)17-26(22)35)28(37)11-10-23-20(4)31-32(6)21(23)5/h16-17,19H,7-15,18H2,1-6H3. The average Bonchev–Trinajstić information content (AvgIpc) is 3.09. The first-order chi connectivity index (χ1) is 17.5. The zero-order valence-electron chi connectivity index (χ0n) is 23.1. The number of hydrogen-bond acceptors (Lipinski definition) is 4. The lowest BCUT2D eigenvalue weighted by Crippen LogP contribution is -2.40. The van der Waals surface area contributed by atoms with Crippen molar-refractivity contribution in [3.05, 3.63) is 46.3 Å². The van der Waals surface area contributed by atoms with E-state index >= 15 is 0 Å². The third-order valence-corrected chi connectivity index (χ3v) is 7.41. The number of rotatable bonds is 5. The van der Waals surface area contributed by atoms with Crippen LogP contribution in [0, 0.1) is 25.5 Å². The van der Waals surface area contributed by atoms with Crippen molar-refractivity contribution in [3.63, 3.8) is 0 Å². The van der Waals surface area contributed by atoms with E-state index in [0.717, 1.165) is 55.0 Å². The van der Waals surface area contributed by atoms with Crippen LogP contribution in [0.5, 0.6) is 0 Å². The van der Waals surface area contributed by atoms with Crippen molar-refractivity contribution in [3.8, 4) is 0 Å². The minimum Gasteiger partial charge on any atom is -0.338 e. The average molecular weight is 518 g/mol. The first kappa shape index (κ1) is 28.8. The molecule has 2 amide bonds. The number of aryl methyl sites for hydroxylation is 2. The van der Waals surface area contributed by atoms with Gasteiger partial charge in [0.2, 0.25) is 11.8 Å². The highest BCUT2D eigenvalue weighted by Gasteiger charge is 2.25. The molecule has 2 heterocycles. The predicted octanol–water partition coefficient (Wildman–Crippen LogP) is 4.52. The van der Waals surface area contributed by atoms with Crippen LogP contribution in [-0.2, 0) is 29.6 Å². The van der Waals surface area contributed by atoms with E-state index in [9.17, 15) is 18.4 Å². The van der Waals surface area contributed by atoms with Crippen molar-refractivity contribution < 1.29 is 18.4 Å². The van der Waals surface area contributed by atoms with Crippen LogP contribution in [0.1, 0.15) is 69.0 Å². The Balaban J connectivity index is 1.95. The van der Waals surface area contributed by atoms with Crippen LogP contribution in [0.2, 0.25) is 0 Å². The van der Waals surface area contributed by atoms with Crippen LogP contribution in [0.15, 0.2) is 12.1 Å². The molecule has 0 saturated carbocycles. The molecular formula is C28H41F2N5O2. The van der Waals surface area contributed by atoms with Crippen molar-refractivity contribution >= 4 is 17.5 Å². The van der Waals surface area contributed by atoms with Crippen LogP contribution in [0.3, 0.4) is 0 Å². The lowest BCUT2D eigenvalue weighted by molar-refractivity contribution is -0.131. The number of hydrogen-bond donors (Lipinski definition) is 0. The Morgan fingerprint density at radius 1 is 1.00 bits per heavy atom. The molecular weight excluding hydrogens is 476 g/mol. The second-order valence-electron chi connectivity index (χ2n) is 10.2. The second kappa shape index (κ2) is 12.6. The van der Waals surface area contributed by atoms with E-state index < -0.39 is 11.6 Å². The van der Waals surface area contributed by atoms with Gasteiger partial charge in [-0.3, -0.25) is 14.3 Å². The minimum absolute atomic E-state index is 0.0557. The number of carbonyl (C=O) groups excluding carboxylic acids is 2. The Morgan fingerprint density at radius 3 is 2.24 bits per heavy atom. The summed E-state index contributed by atoms with van der Waals surface area (Å²) in [7, 11) is 1.89. The molecule has 0 radical (unpaired) electrons. The molecule has 37 heavy (non-hydrogen) atoms. The molecule has 0 fully saturated rings. The summed E-state index contributed by atoms with van der Waals surface area (Å²) in [5, 5.41) is 4.45. The number of aromatic nitrogens is 2. The minimum atomic E-state index is -0.996. The smallest absolute Gasteiger partial charge is 0.226 e. The van der Waals surface area contributed by atoms with Gasteiger partial charge in [0, 0.05) is 70.4 Å². The van der Waals surface area contributed by atoms with Crippen LogP contribution < -0.4 is 4.90 Å². The van der Waals surface area contributed by atoms with Gasteiger partial charge in [0.1, 0.15) is 0 Å². The molecule has 0 aliphatic carbocycles. The number of carbonyl (C=O) groups is 2. The lowest BCUT2D eigenvalue weighted by Gasteiger charge is -2.33. The highest BCUT2D eigenvalue weighted by atomic mass is 19.2. The van der Waals surface area contributed by atoms with Crippen molar-refractivity contribution in [1.29, 1.82) is 0 Å². The van der Waals surface area contributed by atoms with E-state index in [1.165, 1.54) is 0 Å². The van der Waals surface area contributed by atoms with Crippen LogP contribution in [0.25, 0.3) is 0 Å². The fourth-order valence-corrected chi connectivity index (χ4v) is 5.12. The number of halogens is 2. The Bertz CT molecular complexity index is 1110. The maximum Gasteiger partial charge on any atom is 0.226 e. The fourth-order valence-electron chi connectivity index (χ4n) is 5.12. The molecule has 1 aliphatic heterocycles. The second-order valence-corrected chi connectivity index (χ2v) is 10.2. The molecule has 1 aromatic heterocycles. The van der Waals surface area contributed by atoms with Gasteiger partial charge in [0.15, 0.2) is 11.6 Å². The first-order valence-corrected chi connectivity index (χ1v) is 13.3. The molecule has 2 aromatic rings. The van der Waals surface area contributed by atoms with Crippen molar-refractivity contribution in [2.24, 2.45) is 7.05 Å². The summed E-state index contributed by atoms with van der Waals surface area (Å²) < 4.78 is 30.6. The molecule has 0 bridgehead atoms. The Morgan fingerprint density at radius 2 is 1.65 bits per heavy atom. The van der Waals surface area contributed by atoms with Gasteiger partial charge >= 0.3 is 0 Å². The number of nitrogens with zero attached hydrogens (tertiary/aromatic N) is 5. The summed E-state index contributed by atoms with van der Waals surface area (Å²) in [6, 6.07) is 2.57. The summed E-state index contributed by atoms with van der Waals surface area (Å²) in [5.74, 6) is -2.18. The Hall–Kier alpha value is -2.81. The third kappa shape index (κ3) is 6.94. The summed E-state index contributed by atoms with van der Waals surface area (Å²) in [5.41, 5.74) is 3.79. The highest BCUT2D eigenvalue weighted by Crippen LogP contribution is 2.28. The van der Waals surface area contributed by atoms with Crippen LogP contribution in [0.4, 0.5) is 14.5 Å². The quantitative estimate of drug-likeness (QED) is 0.585. The fraction of sp³-hybridized carbons (Fsp3) is 0.607. The monoisotopic (exact) mass is 517 g/mol. The van der Waals surface area contributed by atoms with Gasteiger partial charge in [0.05, 0.1) is 11.4 Å². The predicted molar refractivity (Wildman–Crippen MR) is 141 cm³/mol. The molecule has 204 valence electrons. The van der Waals surface area contributed by atoms with Gasteiger partial charge in [-0.2, -0.15) is 5.10 Å². The summed E-state index contributed by atoms with van der Waals surface area (Å²) in [4.78, 5) is 32.0. The molecule has 1 aromatic carbocycles. The summed E-state index contributed by atoms with van der Waals surface area (Å²) >= 11 is 0. The normalized spacial score (nSPS) is 15.9. The first-order valence-electron chi connectivity index (χ1n) is 13.3. The van der Waals surface area contributed by atoms with E-state index in [2.05, 4.69) is 23.8 Å². The van der Waals surface area contributed by atoms with Crippen molar-refractivity contribution in [1.82, 2.24) is 19.6 Å². The van der Waals surface area contributed by atoms with E-state index in [-0.39, 0.29) is 31.2 Å². The molecule has 9 heteroatoms. The van der Waals surface area contributed by atoms with E-state index in [4.69, 9.17) is 0 Å². The van der Waals surface area contributed by atoms with Gasteiger partial charge in [-0.15, -0.1) is 0 Å². The maximum absolute atomic E-state index is 14.4. The zero-order valence-corrected chi connectivity index (χ0v) is 23.1. The van der Waals surface area contributed by atoms with Gasteiger partial charge in [-0.25, -0.2) is 8.78 Å². The number of anilines is 1. The Kier molecular flexibility index (Phi) is 9.81. The number of amides is 2. The van der Waals surface area contributed by atoms with Gasteiger partial charge in [-0.1, -0.05) is 6.92 Å². The van der Waals surface area contributed by atoms with Gasteiger partial charge < -0.3 is 14.7 Å². The third-order valence-electron chi connectivity index (χ3n) is 7.41. The highest BCUT2D eigenvalue weighted by molar-refractivity contribution is 5.94. The number of benzene rings is 1. The maximum atomic E-state index is 14.4. The molecule has 3 rings (SSSR count). The van der Waals surface area contributed by atoms with Gasteiger partial charge in [0.25, 0.3) is 0 Å².